The Bertz CT molecular complexity index is 182. The minimum atomic E-state index is -0.731. The number of nitrogens with zero attached hydrogens (tertiary/aromatic N) is 1. The van der Waals surface area contributed by atoms with Gasteiger partial charge in [0.15, 0.2) is 0 Å². The average Bonchev–Trinajstić information content (AvgIpc) is 2.17. The van der Waals surface area contributed by atoms with Crippen molar-refractivity contribution in [1.82, 2.24) is 0 Å². The molecule has 0 aromatic rings. The zero-order valence-corrected chi connectivity index (χ0v) is 8.61. The predicted molar refractivity (Wildman–Crippen MR) is 52.9 cm³/mol. The van der Waals surface area contributed by atoms with Crippen molar-refractivity contribution in [3.8, 4) is 0 Å². The number of aliphatic hydroxyl groups excluding tert-OH is 1. The Balaban J connectivity index is 2.46. The van der Waals surface area contributed by atoms with Crippen LogP contribution in [0, 0.1) is 0 Å². The van der Waals surface area contributed by atoms with Crippen LogP contribution in [0.2, 0.25) is 0 Å². The normalized spacial score (nSPS) is 20.6. The first-order valence-corrected chi connectivity index (χ1v) is 5.36. The molecule has 1 fully saturated rings. The molecule has 4 nitrogen and oxygen atoms in total. The van der Waals surface area contributed by atoms with Crippen LogP contribution in [0.25, 0.3) is 0 Å². The van der Waals surface area contributed by atoms with E-state index in [0.29, 0.717) is 13.1 Å². The number of likely N-dealkylation sites (tertiary alicyclic amines) is 1. The highest BCUT2D eigenvalue weighted by Gasteiger charge is 2.29. The number of hydrogen-bond acceptors (Lipinski definition) is 2. The van der Waals surface area contributed by atoms with Gasteiger partial charge < -0.3 is 14.7 Å². The van der Waals surface area contributed by atoms with Gasteiger partial charge in [0.05, 0.1) is 32.7 Å². The summed E-state index contributed by atoms with van der Waals surface area (Å²) in [7, 11) is 0. The van der Waals surface area contributed by atoms with Crippen LogP contribution < -0.4 is 0 Å². The highest BCUT2D eigenvalue weighted by Crippen LogP contribution is 2.19. The Morgan fingerprint density at radius 1 is 1.14 bits per heavy atom. The van der Waals surface area contributed by atoms with Crippen LogP contribution in [0.3, 0.4) is 0 Å². The van der Waals surface area contributed by atoms with Gasteiger partial charge in [-0.1, -0.05) is 0 Å². The number of aliphatic hydroxyl groups is 1. The number of aliphatic carboxylic acids is 1. The third-order valence-electron chi connectivity index (χ3n) is 3.14. The molecule has 0 spiro atoms. The van der Waals surface area contributed by atoms with Crippen LogP contribution in [0.5, 0.6) is 0 Å². The number of carboxylic acids is 1. The van der Waals surface area contributed by atoms with Crippen molar-refractivity contribution in [2.24, 2.45) is 0 Å². The second kappa shape index (κ2) is 5.32. The van der Waals surface area contributed by atoms with E-state index < -0.39 is 5.97 Å². The maximum Gasteiger partial charge on any atom is 0.309 e. The third kappa shape index (κ3) is 3.27. The van der Waals surface area contributed by atoms with Crippen molar-refractivity contribution in [2.45, 2.75) is 25.7 Å². The standard InChI is InChI=1S/C10H19NO3/c12-9-8-11(7-4-10(13)14)5-2-1-3-6-11/h12H,1-9H2/p+1. The molecule has 1 aliphatic heterocycles. The maximum atomic E-state index is 10.5. The minimum absolute atomic E-state index is 0.166. The fourth-order valence-corrected chi connectivity index (χ4v) is 2.29. The second-order valence-electron chi connectivity index (χ2n) is 4.16. The van der Waals surface area contributed by atoms with Gasteiger partial charge in [-0.3, -0.25) is 4.79 Å². The SMILES string of the molecule is O=C(O)CC[N+]1(CCO)CCCCC1. The molecule has 0 saturated carbocycles. The number of carbonyl (C=O) groups is 1. The number of hydrogen-bond donors (Lipinski definition) is 2. The number of quaternary nitrogens is 1. The first-order chi connectivity index (χ1) is 6.68. The van der Waals surface area contributed by atoms with E-state index >= 15 is 0 Å². The monoisotopic (exact) mass is 202 g/mol. The summed E-state index contributed by atoms with van der Waals surface area (Å²) < 4.78 is 0.808. The van der Waals surface area contributed by atoms with E-state index in [4.69, 9.17) is 10.2 Å². The molecule has 0 amide bonds. The van der Waals surface area contributed by atoms with Gasteiger partial charge in [-0.15, -0.1) is 0 Å². The van der Waals surface area contributed by atoms with Crippen LogP contribution in [-0.4, -0.2) is 53.5 Å². The molecule has 0 bridgehead atoms. The summed E-state index contributed by atoms with van der Waals surface area (Å²) in [6.45, 7) is 3.63. The fraction of sp³-hybridized carbons (Fsp3) is 0.900. The molecule has 14 heavy (non-hydrogen) atoms. The Morgan fingerprint density at radius 3 is 2.29 bits per heavy atom. The Morgan fingerprint density at radius 2 is 1.79 bits per heavy atom. The first-order valence-electron chi connectivity index (χ1n) is 5.36. The van der Waals surface area contributed by atoms with Crippen LogP contribution in [0.4, 0.5) is 0 Å². The molecule has 1 aliphatic rings. The van der Waals surface area contributed by atoms with Gasteiger partial charge in [0, 0.05) is 0 Å². The lowest BCUT2D eigenvalue weighted by Crippen LogP contribution is -2.54. The Hall–Kier alpha value is -0.610. The smallest absolute Gasteiger partial charge is 0.309 e. The molecular formula is C10H20NO3+. The van der Waals surface area contributed by atoms with E-state index in [2.05, 4.69) is 0 Å². The lowest BCUT2D eigenvalue weighted by molar-refractivity contribution is -0.932. The molecule has 0 aromatic carbocycles. The van der Waals surface area contributed by atoms with E-state index in [-0.39, 0.29) is 13.0 Å². The molecule has 4 heteroatoms. The molecule has 0 atom stereocenters. The third-order valence-corrected chi connectivity index (χ3v) is 3.14. The van der Waals surface area contributed by atoms with Gasteiger partial charge in [-0.05, 0) is 19.3 Å². The zero-order chi connectivity index (χ0) is 10.4. The van der Waals surface area contributed by atoms with Crippen molar-refractivity contribution in [2.75, 3.05) is 32.8 Å². The summed E-state index contributed by atoms with van der Waals surface area (Å²) in [6.07, 6.45) is 3.80. The number of rotatable bonds is 5. The largest absolute Gasteiger partial charge is 0.481 e. The highest BCUT2D eigenvalue weighted by molar-refractivity contribution is 5.66. The van der Waals surface area contributed by atoms with Crippen LogP contribution in [0.1, 0.15) is 25.7 Å². The van der Waals surface area contributed by atoms with Crippen molar-refractivity contribution >= 4 is 5.97 Å². The lowest BCUT2D eigenvalue weighted by Gasteiger charge is -2.40. The molecule has 82 valence electrons. The van der Waals surface area contributed by atoms with Gasteiger partial charge in [-0.2, -0.15) is 0 Å². The summed E-state index contributed by atoms with van der Waals surface area (Å²) >= 11 is 0. The van der Waals surface area contributed by atoms with E-state index in [9.17, 15) is 4.79 Å². The summed E-state index contributed by atoms with van der Waals surface area (Å²) in [5.41, 5.74) is 0. The minimum Gasteiger partial charge on any atom is -0.481 e. The highest BCUT2D eigenvalue weighted by atomic mass is 16.4. The Kier molecular flexibility index (Phi) is 4.35. The lowest BCUT2D eigenvalue weighted by atomic mass is 10.1. The van der Waals surface area contributed by atoms with Crippen LogP contribution in [0.15, 0.2) is 0 Å². The van der Waals surface area contributed by atoms with Crippen molar-refractivity contribution in [3.05, 3.63) is 0 Å². The van der Waals surface area contributed by atoms with Gasteiger partial charge in [0.25, 0.3) is 0 Å². The topological polar surface area (TPSA) is 57.5 Å². The quantitative estimate of drug-likeness (QED) is 0.637. The summed E-state index contributed by atoms with van der Waals surface area (Å²) in [5.74, 6) is -0.731. The van der Waals surface area contributed by atoms with Gasteiger partial charge in [0.2, 0.25) is 0 Å². The summed E-state index contributed by atoms with van der Waals surface area (Å²) in [6, 6.07) is 0. The molecule has 0 aromatic heterocycles. The van der Waals surface area contributed by atoms with E-state index in [1.165, 1.54) is 19.3 Å². The Labute approximate surface area is 84.7 Å². The summed E-state index contributed by atoms with van der Waals surface area (Å²) in [4.78, 5) is 10.5. The molecular weight excluding hydrogens is 182 g/mol. The second-order valence-corrected chi connectivity index (χ2v) is 4.16. The molecule has 0 aliphatic carbocycles. The van der Waals surface area contributed by atoms with E-state index in [1.807, 2.05) is 0 Å². The molecule has 1 saturated heterocycles. The van der Waals surface area contributed by atoms with Crippen LogP contribution in [-0.2, 0) is 4.79 Å². The number of carboxylic acid groups (broad SMARTS) is 1. The van der Waals surface area contributed by atoms with Crippen molar-refractivity contribution in [3.63, 3.8) is 0 Å². The van der Waals surface area contributed by atoms with Crippen LogP contribution >= 0.6 is 0 Å². The molecule has 1 rings (SSSR count). The van der Waals surface area contributed by atoms with Gasteiger partial charge in [0.1, 0.15) is 6.54 Å². The fourth-order valence-electron chi connectivity index (χ4n) is 2.29. The molecule has 0 unspecified atom stereocenters. The number of piperidine rings is 1. The van der Waals surface area contributed by atoms with Gasteiger partial charge in [-0.25, -0.2) is 0 Å². The maximum absolute atomic E-state index is 10.5. The molecule has 2 N–H and O–H groups in total. The average molecular weight is 202 g/mol. The van der Waals surface area contributed by atoms with E-state index in [0.717, 1.165) is 17.6 Å². The summed E-state index contributed by atoms with van der Waals surface area (Å²) in [5, 5.41) is 17.6. The van der Waals surface area contributed by atoms with Crippen molar-refractivity contribution in [1.29, 1.82) is 0 Å². The van der Waals surface area contributed by atoms with E-state index in [1.54, 1.807) is 0 Å². The first kappa shape index (κ1) is 11.5. The van der Waals surface area contributed by atoms with Crippen molar-refractivity contribution < 1.29 is 19.5 Å². The molecule has 1 heterocycles. The van der Waals surface area contributed by atoms with Gasteiger partial charge >= 0.3 is 5.97 Å². The predicted octanol–water partition coefficient (Wildman–Crippen LogP) is 0.454. The zero-order valence-electron chi connectivity index (χ0n) is 8.61. The molecule has 0 radical (unpaired) electrons.